The van der Waals surface area contributed by atoms with Gasteiger partial charge in [-0.1, -0.05) is 12.5 Å². The van der Waals surface area contributed by atoms with Crippen molar-refractivity contribution < 1.29 is 4.79 Å². The summed E-state index contributed by atoms with van der Waals surface area (Å²) in [5, 5.41) is 0. The lowest BCUT2D eigenvalue weighted by molar-refractivity contribution is 0.0694. The number of amides is 1. The molecule has 2 rings (SSSR count). The molecule has 4 heteroatoms. The van der Waals surface area contributed by atoms with Gasteiger partial charge in [0.1, 0.15) is 5.69 Å². The minimum absolute atomic E-state index is 0.00375. The minimum atomic E-state index is -0.00375. The second-order valence-corrected chi connectivity index (χ2v) is 4.63. The molecule has 0 radical (unpaired) electrons. The standard InChI is InChI=1S/C13H19N3O/c1-16(12-7-4-5-10(12)9-14)13(17)11-6-2-3-8-15-11/h2-3,6,8,10,12H,4-5,7,9,14H2,1H3. The molecule has 2 unspecified atom stereocenters. The van der Waals surface area contributed by atoms with Crippen LogP contribution in [0.15, 0.2) is 24.4 Å². The summed E-state index contributed by atoms with van der Waals surface area (Å²) in [6, 6.07) is 5.68. The maximum absolute atomic E-state index is 12.2. The third kappa shape index (κ3) is 2.47. The molecule has 1 aromatic heterocycles. The second kappa shape index (κ2) is 5.27. The van der Waals surface area contributed by atoms with Gasteiger partial charge in [-0.25, -0.2) is 0 Å². The summed E-state index contributed by atoms with van der Waals surface area (Å²) in [6.45, 7) is 0.657. The van der Waals surface area contributed by atoms with Gasteiger partial charge in [0.2, 0.25) is 0 Å². The monoisotopic (exact) mass is 233 g/mol. The molecule has 1 saturated carbocycles. The van der Waals surface area contributed by atoms with E-state index in [4.69, 9.17) is 5.73 Å². The Balaban J connectivity index is 2.10. The molecule has 17 heavy (non-hydrogen) atoms. The lowest BCUT2D eigenvalue weighted by Crippen LogP contribution is -2.41. The number of aromatic nitrogens is 1. The Morgan fingerprint density at radius 1 is 1.53 bits per heavy atom. The van der Waals surface area contributed by atoms with Gasteiger partial charge in [0.15, 0.2) is 0 Å². The van der Waals surface area contributed by atoms with Gasteiger partial charge >= 0.3 is 0 Å². The summed E-state index contributed by atoms with van der Waals surface area (Å²) in [5.41, 5.74) is 6.26. The molecule has 0 bridgehead atoms. The number of carbonyl (C=O) groups is 1. The van der Waals surface area contributed by atoms with E-state index in [2.05, 4.69) is 4.98 Å². The zero-order chi connectivity index (χ0) is 12.3. The highest BCUT2D eigenvalue weighted by Crippen LogP contribution is 2.29. The molecule has 0 aromatic carbocycles. The zero-order valence-electron chi connectivity index (χ0n) is 10.2. The zero-order valence-corrected chi connectivity index (χ0v) is 10.2. The van der Waals surface area contributed by atoms with Gasteiger partial charge in [0.05, 0.1) is 0 Å². The van der Waals surface area contributed by atoms with Crippen molar-refractivity contribution in [1.29, 1.82) is 0 Å². The van der Waals surface area contributed by atoms with E-state index in [1.807, 2.05) is 24.1 Å². The number of nitrogens with zero attached hydrogens (tertiary/aromatic N) is 2. The first kappa shape index (κ1) is 12.0. The quantitative estimate of drug-likeness (QED) is 0.855. The molecule has 1 heterocycles. The lowest BCUT2D eigenvalue weighted by atomic mass is 10.0. The molecule has 2 N–H and O–H groups in total. The Morgan fingerprint density at radius 2 is 2.35 bits per heavy atom. The first-order valence-corrected chi connectivity index (χ1v) is 6.12. The summed E-state index contributed by atoms with van der Waals surface area (Å²) < 4.78 is 0. The third-order valence-corrected chi connectivity index (χ3v) is 3.62. The lowest BCUT2D eigenvalue weighted by Gasteiger charge is -2.28. The van der Waals surface area contributed by atoms with Gasteiger partial charge in [-0.15, -0.1) is 0 Å². The molecule has 4 nitrogen and oxygen atoms in total. The van der Waals surface area contributed by atoms with Crippen LogP contribution in [0, 0.1) is 5.92 Å². The molecule has 1 aliphatic rings. The van der Waals surface area contributed by atoms with Crippen LogP contribution in [0.1, 0.15) is 29.8 Å². The summed E-state index contributed by atoms with van der Waals surface area (Å²) in [7, 11) is 1.86. The maximum atomic E-state index is 12.2. The summed E-state index contributed by atoms with van der Waals surface area (Å²) in [4.78, 5) is 18.1. The van der Waals surface area contributed by atoms with Crippen molar-refractivity contribution >= 4 is 5.91 Å². The van der Waals surface area contributed by atoms with Crippen molar-refractivity contribution in [1.82, 2.24) is 9.88 Å². The predicted octanol–water partition coefficient (Wildman–Crippen LogP) is 1.28. The van der Waals surface area contributed by atoms with E-state index >= 15 is 0 Å². The molecule has 0 saturated heterocycles. The molecule has 1 amide bonds. The van der Waals surface area contributed by atoms with Crippen molar-refractivity contribution in [2.45, 2.75) is 25.3 Å². The van der Waals surface area contributed by atoms with Crippen molar-refractivity contribution in [2.75, 3.05) is 13.6 Å². The van der Waals surface area contributed by atoms with Crippen LogP contribution >= 0.6 is 0 Å². The van der Waals surface area contributed by atoms with Crippen molar-refractivity contribution in [2.24, 2.45) is 11.7 Å². The molecule has 92 valence electrons. The molecule has 0 spiro atoms. The molecule has 0 aliphatic heterocycles. The van der Waals surface area contributed by atoms with Gasteiger partial charge in [-0.3, -0.25) is 9.78 Å². The first-order chi connectivity index (χ1) is 8.24. The van der Waals surface area contributed by atoms with Gasteiger partial charge < -0.3 is 10.6 Å². The van der Waals surface area contributed by atoms with Gasteiger partial charge in [-0.05, 0) is 37.4 Å². The van der Waals surface area contributed by atoms with Crippen molar-refractivity contribution in [3.8, 4) is 0 Å². The van der Waals surface area contributed by atoms with E-state index in [-0.39, 0.29) is 11.9 Å². The average Bonchev–Trinajstić information content (AvgIpc) is 2.86. The van der Waals surface area contributed by atoms with E-state index in [1.165, 1.54) is 0 Å². The van der Waals surface area contributed by atoms with Crippen LogP contribution < -0.4 is 5.73 Å². The van der Waals surface area contributed by atoms with Crippen LogP contribution in [0.2, 0.25) is 0 Å². The number of hydrogen-bond acceptors (Lipinski definition) is 3. The molecule has 1 fully saturated rings. The van der Waals surface area contributed by atoms with Crippen LogP contribution in [0.4, 0.5) is 0 Å². The highest BCUT2D eigenvalue weighted by Gasteiger charge is 2.32. The van der Waals surface area contributed by atoms with Crippen LogP contribution in [0.5, 0.6) is 0 Å². The Bertz CT molecular complexity index is 380. The summed E-state index contributed by atoms with van der Waals surface area (Å²) in [5.74, 6) is 0.434. The van der Waals surface area contributed by atoms with E-state index in [0.29, 0.717) is 18.2 Å². The fourth-order valence-electron chi connectivity index (χ4n) is 2.62. The topological polar surface area (TPSA) is 59.2 Å². The Hall–Kier alpha value is -1.42. The van der Waals surface area contributed by atoms with Gasteiger partial charge in [0, 0.05) is 19.3 Å². The van der Waals surface area contributed by atoms with Crippen LogP contribution in [-0.2, 0) is 0 Å². The fraction of sp³-hybridized carbons (Fsp3) is 0.538. The number of carbonyl (C=O) groups excluding carboxylic acids is 1. The fourth-order valence-corrected chi connectivity index (χ4v) is 2.62. The van der Waals surface area contributed by atoms with E-state index in [1.54, 1.807) is 12.3 Å². The largest absolute Gasteiger partial charge is 0.337 e. The Morgan fingerprint density at radius 3 is 3.00 bits per heavy atom. The van der Waals surface area contributed by atoms with E-state index < -0.39 is 0 Å². The highest BCUT2D eigenvalue weighted by atomic mass is 16.2. The molecular formula is C13H19N3O. The van der Waals surface area contributed by atoms with Crippen LogP contribution in [0.25, 0.3) is 0 Å². The smallest absolute Gasteiger partial charge is 0.272 e. The number of rotatable bonds is 3. The predicted molar refractivity (Wildman–Crippen MR) is 66.5 cm³/mol. The first-order valence-electron chi connectivity index (χ1n) is 6.12. The summed E-state index contributed by atoms with van der Waals surface area (Å²) in [6.07, 6.45) is 4.99. The molecule has 1 aliphatic carbocycles. The van der Waals surface area contributed by atoms with Crippen LogP contribution in [0.3, 0.4) is 0 Å². The number of hydrogen-bond donors (Lipinski definition) is 1. The van der Waals surface area contributed by atoms with Crippen molar-refractivity contribution in [3.05, 3.63) is 30.1 Å². The second-order valence-electron chi connectivity index (χ2n) is 4.63. The normalized spacial score (nSPS) is 23.6. The number of pyridine rings is 1. The summed E-state index contributed by atoms with van der Waals surface area (Å²) >= 11 is 0. The van der Waals surface area contributed by atoms with Gasteiger partial charge in [0.25, 0.3) is 5.91 Å². The molecular weight excluding hydrogens is 214 g/mol. The Kier molecular flexibility index (Phi) is 3.74. The molecule has 1 aromatic rings. The SMILES string of the molecule is CN(C(=O)c1ccccn1)C1CCCC1CN. The average molecular weight is 233 g/mol. The highest BCUT2D eigenvalue weighted by molar-refractivity contribution is 5.92. The number of nitrogens with two attached hydrogens (primary N) is 1. The van der Waals surface area contributed by atoms with Gasteiger partial charge in [-0.2, -0.15) is 0 Å². The van der Waals surface area contributed by atoms with E-state index in [9.17, 15) is 4.79 Å². The third-order valence-electron chi connectivity index (χ3n) is 3.62. The van der Waals surface area contributed by atoms with E-state index in [0.717, 1.165) is 19.3 Å². The van der Waals surface area contributed by atoms with Crippen molar-refractivity contribution in [3.63, 3.8) is 0 Å². The maximum Gasteiger partial charge on any atom is 0.272 e. The minimum Gasteiger partial charge on any atom is -0.337 e. The molecule has 2 atom stereocenters. The Labute approximate surface area is 102 Å². The van der Waals surface area contributed by atoms with Crippen LogP contribution in [-0.4, -0.2) is 35.4 Å².